The van der Waals surface area contributed by atoms with Gasteiger partial charge < -0.3 is 11.1 Å². The quantitative estimate of drug-likeness (QED) is 0.898. The molecule has 6 heteroatoms. The van der Waals surface area contributed by atoms with Crippen LogP contribution in [0.5, 0.6) is 0 Å². The summed E-state index contributed by atoms with van der Waals surface area (Å²) in [4.78, 5) is 12.2. The van der Waals surface area contributed by atoms with Crippen molar-refractivity contribution < 1.29 is 18.0 Å². The molecule has 0 radical (unpaired) electrons. The molecule has 0 aliphatic heterocycles. The van der Waals surface area contributed by atoms with Gasteiger partial charge in [-0.25, -0.2) is 0 Å². The van der Waals surface area contributed by atoms with Gasteiger partial charge in [0.15, 0.2) is 0 Å². The molecule has 3 nitrogen and oxygen atoms in total. The van der Waals surface area contributed by atoms with E-state index in [4.69, 9.17) is 5.73 Å². The highest BCUT2D eigenvalue weighted by atomic mass is 19.4. The smallest absolute Gasteiger partial charge is 0.354 e. The van der Waals surface area contributed by atoms with Gasteiger partial charge in [-0.3, -0.25) is 4.79 Å². The Balaban J connectivity index is 2.99. The van der Waals surface area contributed by atoms with E-state index < -0.39 is 22.7 Å². The van der Waals surface area contributed by atoms with Gasteiger partial charge in [0, 0.05) is 12.1 Å². The molecule has 0 bridgehead atoms. The van der Waals surface area contributed by atoms with Gasteiger partial charge in [0.1, 0.15) is 0 Å². The fraction of sp³-hybridized carbons (Fsp3) is 0.533. The third-order valence-corrected chi connectivity index (χ3v) is 3.18. The Morgan fingerprint density at radius 3 is 2.14 bits per heavy atom. The van der Waals surface area contributed by atoms with Crippen LogP contribution in [0.4, 0.5) is 13.2 Å². The fourth-order valence-corrected chi connectivity index (χ4v) is 1.74. The van der Waals surface area contributed by atoms with Gasteiger partial charge in [-0.15, -0.1) is 0 Å². The maximum Gasteiger partial charge on any atom is 0.416 e. The lowest BCUT2D eigenvalue weighted by molar-refractivity contribution is -0.137. The van der Waals surface area contributed by atoms with Crippen molar-refractivity contribution in [3.8, 4) is 0 Å². The third kappa shape index (κ3) is 4.74. The summed E-state index contributed by atoms with van der Waals surface area (Å²) in [5.74, 6) is -0.361. The number of alkyl halides is 3. The molecule has 3 N–H and O–H groups in total. The van der Waals surface area contributed by atoms with Crippen LogP contribution in [0, 0.1) is 0 Å². The van der Waals surface area contributed by atoms with E-state index in [1.54, 1.807) is 27.7 Å². The minimum absolute atomic E-state index is 0.244. The normalized spacial score (nSPS) is 13.1. The van der Waals surface area contributed by atoms with E-state index in [1.807, 2.05) is 0 Å². The van der Waals surface area contributed by atoms with Gasteiger partial charge in [-0.2, -0.15) is 13.2 Å². The minimum atomic E-state index is -4.43. The predicted octanol–water partition coefficient (Wildman–Crippen LogP) is 2.84. The molecule has 0 aliphatic rings. The van der Waals surface area contributed by atoms with Gasteiger partial charge in [0.2, 0.25) is 5.91 Å². The van der Waals surface area contributed by atoms with Crippen LogP contribution < -0.4 is 11.1 Å². The Morgan fingerprint density at radius 2 is 1.67 bits per heavy atom. The Labute approximate surface area is 122 Å². The predicted molar refractivity (Wildman–Crippen MR) is 75.7 cm³/mol. The average Bonchev–Trinajstić information content (AvgIpc) is 2.34. The average molecular weight is 302 g/mol. The Morgan fingerprint density at radius 1 is 1.14 bits per heavy atom. The van der Waals surface area contributed by atoms with E-state index in [-0.39, 0.29) is 12.5 Å². The molecule has 0 fully saturated rings. The molecule has 0 aliphatic carbocycles. The molecule has 0 unspecified atom stereocenters. The number of nitrogens with two attached hydrogens (primary N) is 1. The van der Waals surface area contributed by atoms with Crippen LogP contribution in [0.2, 0.25) is 0 Å². The molecule has 0 saturated heterocycles. The monoisotopic (exact) mass is 302 g/mol. The molecule has 21 heavy (non-hydrogen) atoms. The highest BCUT2D eigenvalue weighted by Crippen LogP contribution is 2.32. The standard InChI is InChI=1S/C15H21F3N2O/c1-13(2,19)9-20-12(21)14(3,4)10-6-5-7-11(8-10)15(16,17)18/h5-8H,9,19H2,1-4H3,(H,20,21). The number of hydrogen-bond acceptors (Lipinski definition) is 2. The molecule has 1 rings (SSSR count). The summed E-state index contributed by atoms with van der Waals surface area (Å²) in [5.41, 5.74) is 3.67. The number of hydrogen-bond donors (Lipinski definition) is 2. The van der Waals surface area contributed by atoms with Crippen LogP contribution in [0.3, 0.4) is 0 Å². The second-order valence-electron chi connectivity index (χ2n) is 6.37. The Hall–Kier alpha value is -1.56. The summed E-state index contributed by atoms with van der Waals surface area (Å²) in [6.45, 7) is 6.92. The Kier molecular flexibility index (Phi) is 4.73. The summed E-state index contributed by atoms with van der Waals surface area (Å²) in [6.07, 6.45) is -4.43. The van der Waals surface area contributed by atoms with Crippen molar-refractivity contribution in [3.05, 3.63) is 35.4 Å². The van der Waals surface area contributed by atoms with Crippen LogP contribution in [-0.4, -0.2) is 18.0 Å². The maximum absolute atomic E-state index is 12.7. The van der Waals surface area contributed by atoms with Crippen molar-refractivity contribution in [2.45, 2.75) is 44.8 Å². The molecule has 0 saturated carbocycles. The van der Waals surface area contributed by atoms with Gasteiger partial charge in [0.05, 0.1) is 11.0 Å². The lowest BCUT2D eigenvalue weighted by atomic mass is 9.82. The van der Waals surface area contributed by atoms with E-state index >= 15 is 0 Å². The summed E-state index contributed by atoms with van der Waals surface area (Å²) in [6, 6.07) is 4.82. The van der Waals surface area contributed by atoms with E-state index in [0.29, 0.717) is 5.56 Å². The van der Waals surface area contributed by atoms with Crippen molar-refractivity contribution in [1.29, 1.82) is 0 Å². The number of carbonyl (C=O) groups is 1. The van der Waals surface area contributed by atoms with Crippen LogP contribution in [0.15, 0.2) is 24.3 Å². The highest BCUT2D eigenvalue weighted by molar-refractivity contribution is 5.87. The second-order valence-corrected chi connectivity index (χ2v) is 6.37. The first kappa shape index (κ1) is 17.5. The molecule has 0 spiro atoms. The van der Waals surface area contributed by atoms with Crippen molar-refractivity contribution in [3.63, 3.8) is 0 Å². The van der Waals surface area contributed by atoms with E-state index in [2.05, 4.69) is 5.32 Å². The fourth-order valence-electron chi connectivity index (χ4n) is 1.74. The minimum Gasteiger partial charge on any atom is -0.354 e. The second kappa shape index (κ2) is 5.67. The SMILES string of the molecule is CC(C)(N)CNC(=O)C(C)(C)c1cccc(C(F)(F)F)c1. The van der Waals surface area contributed by atoms with Crippen molar-refractivity contribution in [2.75, 3.05) is 6.54 Å². The number of carbonyl (C=O) groups excluding carboxylic acids is 1. The zero-order chi connectivity index (χ0) is 16.5. The number of amides is 1. The highest BCUT2D eigenvalue weighted by Gasteiger charge is 2.35. The molecule has 0 heterocycles. The van der Waals surface area contributed by atoms with Crippen LogP contribution >= 0.6 is 0 Å². The van der Waals surface area contributed by atoms with Crippen LogP contribution in [0.25, 0.3) is 0 Å². The molecule has 1 amide bonds. The van der Waals surface area contributed by atoms with Gasteiger partial charge >= 0.3 is 6.18 Å². The van der Waals surface area contributed by atoms with Gasteiger partial charge in [0.25, 0.3) is 0 Å². The first-order chi connectivity index (χ1) is 9.34. The zero-order valence-electron chi connectivity index (χ0n) is 12.6. The first-order valence-corrected chi connectivity index (χ1v) is 6.59. The molecule has 0 atom stereocenters. The Bertz CT molecular complexity index is 516. The van der Waals surface area contributed by atoms with Crippen molar-refractivity contribution in [1.82, 2.24) is 5.32 Å². The van der Waals surface area contributed by atoms with E-state index in [0.717, 1.165) is 12.1 Å². The number of benzene rings is 1. The molecule has 1 aromatic rings. The number of halogens is 3. The molecule has 0 aromatic heterocycles. The largest absolute Gasteiger partial charge is 0.416 e. The summed E-state index contributed by atoms with van der Waals surface area (Å²) < 4.78 is 38.2. The lowest BCUT2D eigenvalue weighted by Crippen LogP contribution is -2.49. The van der Waals surface area contributed by atoms with Crippen LogP contribution in [0.1, 0.15) is 38.8 Å². The summed E-state index contributed by atoms with van der Waals surface area (Å²) in [5, 5.41) is 2.67. The van der Waals surface area contributed by atoms with Crippen LogP contribution in [-0.2, 0) is 16.4 Å². The maximum atomic E-state index is 12.7. The summed E-state index contributed by atoms with van der Waals surface area (Å²) >= 11 is 0. The van der Waals surface area contributed by atoms with Gasteiger partial charge in [-0.05, 0) is 39.3 Å². The number of rotatable bonds is 4. The lowest BCUT2D eigenvalue weighted by Gasteiger charge is -2.27. The van der Waals surface area contributed by atoms with Crippen molar-refractivity contribution >= 4 is 5.91 Å². The number of nitrogens with one attached hydrogen (secondary N) is 1. The van der Waals surface area contributed by atoms with Gasteiger partial charge in [-0.1, -0.05) is 18.2 Å². The zero-order valence-corrected chi connectivity index (χ0v) is 12.6. The molecular weight excluding hydrogens is 281 g/mol. The van der Waals surface area contributed by atoms with E-state index in [1.165, 1.54) is 12.1 Å². The van der Waals surface area contributed by atoms with Crippen molar-refractivity contribution in [2.24, 2.45) is 5.73 Å². The molecule has 1 aromatic carbocycles. The molecule has 118 valence electrons. The van der Waals surface area contributed by atoms with E-state index in [9.17, 15) is 18.0 Å². The topological polar surface area (TPSA) is 55.1 Å². The molecular formula is C15H21F3N2O. The third-order valence-electron chi connectivity index (χ3n) is 3.18. The first-order valence-electron chi connectivity index (χ1n) is 6.59. The summed E-state index contributed by atoms with van der Waals surface area (Å²) in [7, 11) is 0.